The summed E-state index contributed by atoms with van der Waals surface area (Å²) >= 11 is 6.37. The number of carbonyl (C=O) groups excluding carboxylic acids is 2. The Morgan fingerprint density at radius 3 is 2.49 bits per heavy atom. The number of likely N-dealkylation sites (tertiary alicyclic amines) is 1. The van der Waals surface area contributed by atoms with Crippen molar-refractivity contribution < 1.29 is 28.9 Å². The van der Waals surface area contributed by atoms with E-state index in [-0.39, 0.29) is 28.5 Å². The minimum absolute atomic E-state index is 0.0437. The maximum atomic E-state index is 13.3. The molecule has 0 bridgehead atoms. The molecule has 0 aromatic heterocycles. The number of methoxy groups -OCH3 is 2. The van der Waals surface area contributed by atoms with Crippen LogP contribution in [0.2, 0.25) is 5.02 Å². The molecular formula is C29H28ClNO6. The zero-order valence-corrected chi connectivity index (χ0v) is 21.4. The topological polar surface area (TPSA) is 85.3 Å². The number of Topliss-reactive ketones (excluding diaryl/α,β-unsaturated/α-hetero) is 1. The van der Waals surface area contributed by atoms with Crippen molar-refractivity contribution in [2.75, 3.05) is 27.4 Å². The molecule has 37 heavy (non-hydrogen) atoms. The fraction of sp³-hybridized carbons (Fsp3) is 0.241. The van der Waals surface area contributed by atoms with Crippen molar-refractivity contribution >= 4 is 29.1 Å². The molecule has 1 unspecified atom stereocenters. The summed E-state index contributed by atoms with van der Waals surface area (Å²) in [5.41, 5.74) is 1.80. The van der Waals surface area contributed by atoms with Gasteiger partial charge in [0, 0.05) is 25.8 Å². The van der Waals surface area contributed by atoms with Crippen LogP contribution in [0.25, 0.3) is 5.76 Å². The van der Waals surface area contributed by atoms with Gasteiger partial charge in [0.2, 0.25) is 0 Å². The zero-order valence-electron chi connectivity index (χ0n) is 20.6. The summed E-state index contributed by atoms with van der Waals surface area (Å²) < 4.78 is 16.4. The summed E-state index contributed by atoms with van der Waals surface area (Å²) in [6.07, 6.45) is 0.518. The van der Waals surface area contributed by atoms with Gasteiger partial charge >= 0.3 is 0 Å². The summed E-state index contributed by atoms with van der Waals surface area (Å²) in [6.45, 7) is 1.04. The summed E-state index contributed by atoms with van der Waals surface area (Å²) in [5, 5.41) is 11.6. The van der Waals surface area contributed by atoms with Crippen LogP contribution in [0.15, 0.2) is 78.4 Å². The van der Waals surface area contributed by atoms with Gasteiger partial charge in [0.1, 0.15) is 23.9 Å². The van der Waals surface area contributed by atoms with Crippen molar-refractivity contribution in [3.05, 3.63) is 100 Å². The number of carbonyl (C=O) groups is 2. The number of aliphatic hydroxyl groups is 1. The van der Waals surface area contributed by atoms with Crippen LogP contribution in [0, 0.1) is 0 Å². The van der Waals surface area contributed by atoms with Gasteiger partial charge in [-0.1, -0.05) is 54.1 Å². The Balaban J connectivity index is 1.76. The smallest absolute Gasteiger partial charge is 0.295 e. The maximum Gasteiger partial charge on any atom is 0.295 e. The Kier molecular flexibility index (Phi) is 8.48. The third-order valence-electron chi connectivity index (χ3n) is 6.14. The first kappa shape index (κ1) is 26.3. The molecule has 1 aliphatic rings. The molecule has 1 fully saturated rings. The van der Waals surface area contributed by atoms with Crippen molar-refractivity contribution in [1.29, 1.82) is 0 Å². The molecular weight excluding hydrogens is 494 g/mol. The van der Waals surface area contributed by atoms with E-state index in [0.717, 1.165) is 5.56 Å². The quantitative estimate of drug-likeness (QED) is 0.167. The van der Waals surface area contributed by atoms with Gasteiger partial charge in [-0.15, -0.1) is 0 Å². The SMILES string of the molecule is COCCCN1C(=O)C(=O)/C(=C(/O)c2cc(OC)ccc2Cl)C1c1cccc(OCc2ccccc2)c1. The highest BCUT2D eigenvalue weighted by Gasteiger charge is 2.46. The predicted molar refractivity (Wildman–Crippen MR) is 141 cm³/mol. The van der Waals surface area contributed by atoms with E-state index in [9.17, 15) is 14.7 Å². The van der Waals surface area contributed by atoms with Gasteiger partial charge in [-0.05, 0) is 47.9 Å². The molecule has 1 amide bonds. The Bertz CT molecular complexity index is 1310. The lowest BCUT2D eigenvalue weighted by molar-refractivity contribution is -0.140. The lowest BCUT2D eigenvalue weighted by atomic mass is 9.95. The normalized spacial score (nSPS) is 16.7. The fourth-order valence-electron chi connectivity index (χ4n) is 4.31. The largest absolute Gasteiger partial charge is 0.507 e. The van der Waals surface area contributed by atoms with Crippen molar-refractivity contribution in [2.24, 2.45) is 0 Å². The average molecular weight is 522 g/mol. The highest BCUT2D eigenvalue weighted by atomic mass is 35.5. The van der Waals surface area contributed by atoms with Gasteiger partial charge in [-0.2, -0.15) is 0 Å². The Morgan fingerprint density at radius 1 is 0.973 bits per heavy atom. The minimum atomic E-state index is -0.834. The van der Waals surface area contributed by atoms with Crippen LogP contribution in [0.1, 0.15) is 29.2 Å². The van der Waals surface area contributed by atoms with Gasteiger partial charge in [0.25, 0.3) is 11.7 Å². The number of hydrogen-bond acceptors (Lipinski definition) is 6. The number of rotatable bonds is 10. The molecule has 0 radical (unpaired) electrons. The number of ether oxygens (including phenoxy) is 3. The lowest BCUT2D eigenvalue weighted by Crippen LogP contribution is -2.31. The number of hydrogen-bond donors (Lipinski definition) is 1. The summed E-state index contributed by atoms with van der Waals surface area (Å²) in [7, 11) is 3.06. The third-order valence-corrected chi connectivity index (χ3v) is 6.47. The van der Waals surface area contributed by atoms with Gasteiger partial charge in [-0.25, -0.2) is 0 Å². The number of ketones is 1. The molecule has 1 heterocycles. The Labute approximate surface area is 220 Å². The first-order chi connectivity index (χ1) is 17.9. The van der Waals surface area contributed by atoms with Gasteiger partial charge < -0.3 is 24.2 Å². The van der Waals surface area contributed by atoms with E-state index >= 15 is 0 Å². The summed E-state index contributed by atoms with van der Waals surface area (Å²) in [5.74, 6) is -0.819. The zero-order chi connectivity index (χ0) is 26.4. The van der Waals surface area contributed by atoms with E-state index in [1.54, 1.807) is 37.4 Å². The van der Waals surface area contributed by atoms with Crippen molar-refractivity contribution in [3.63, 3.8) is 0 Å². The number of amides is 1. The van der Waals surface area contributed by atoms with Gasteiger partial charge in [0.05, 0.1) is 23.7 Å². The summed E-state index contributed by atoms with van der Waals surface area (Å²) in [4.78, 5) is 27.9. The predicted octanol–water partition coefficient (Wildman–Crippen LogP) is 5.39. The maximum absolute atomic E-state index is 13.3. The number of aliphatic hydroxyl groups excluding tert-OH is 1. The van der Waals surface area contributed by atoms with E-state index < -0.39 is 17.7 Å². The molecule has 0 aliphatic carbocycles. The molecule has 4 rings (SSSR count). The van der Waals surface area contributed by atoms with Crippen molar-refractivity contribution in [1.82, 2.24) is 4.90 Å². The second-order valence-corrected chi connectivity index (χ2v) is 8.94. The highest BCUT2D eigenvalue weighted by molar-refractivity contribution is 6.47. The van der Waals surface area contributed by atoms with Crippen LogP contribution in [0.4, 0.5) is 0 Å². The van der Waals surface area contributed by atoms with Crippen molar-refractivity contribution in [2.45, 2.75) is 19.1 Å². The van der Waals surface area contributed by atoms with Gasteiger partial charge in [-0.3, -0.25) is 9.59 Å². The molecule has 1 N–H and O–H groups in total. The highest BCUT2D eigenvalue weighted by Crippen LogP contribution is 2.41. The van der Waals surface area contributed by atoms with Crippen LogP contribution in [0.5, 0.6) is 11.5 Å². The first-order valence-electron chi connectivity index (χ1n) is 11.8. The van der Waals surface area contributed by atoms with E-state index in [4.69, 9.17) is 25.8 Å². The van der Waals surface area contributed by atoms with Crippen LogP contribution in [-0.2, 0) is 20.9 Å². The Morgan fingerprint density at radius 2 is 1.76 bits per heavy atom. The Hall–Kier alpha value is -3.81. The standard InChI is InChI=1S/C29H28ClNO6/c1-35-15-7-14-31-26(20-10-6-11-22(16-20)37-18-19-8-4-3-5-9-19)25(28(33)29(31)34)27(32)23-17-21(36-2)12-13-24(23)30/h3-6,8-13,16-17,26,32H,7,14-15,18H2,1-2H3/b27-25+. The molecule has 1 atom stereocenters. The van der Waals surface area contributed by atoms with E-state index in [2.05, 4.69) is 0 Å². The van der Waals surface area contributed by atoms with Crippen molar-refractivity contribution in [3.8, 4) is 11.5 Å². The van der Waals surface area contributed by atoms with E-state index in [0.29, 0.717) is 36.7 Å². The molecule has 3 aromatic rings. The molecule has 1 aliphatic heterocycles. The molecule has 8 heteroatoms. The van der Waals surface area contributed by atoms with Crippen LogP contribution in [-0.4, -0.2) is 49.1 Å². The molecule has 0 saturated carbocycles. The molecule has 192 valence electrons. The number of nitrogens with zero attached hydrogens (tertiary/aromatic N) is 1. The lowest BCUT2D eigenvalue weighted by Gasteiger charge is -2.25. The minimum Gasteiger partial charge on any atom is -0.507 e. The monoisotopic (exact) mass is 521 g/mol. The van der Waals surface area contributed by atoms with Crippen LogP contribution < -0.4 is 9.47 Å². The second kappa shape index (κ2) is 12.0. The number of benzene rings is 3. The second-order valence-electron chi connectivity index (χ2n) is 8.53. The number of halogens is 1. The molecule has 3 aromatic carbocycles. The first-order valence-corrected chi connectivity index (χ1v) is 12.2. The fourth-order valence-corrected chi connectivity index (χ4v) is 4.52. The molecule has 1 saturated heterocycles. The summed E-state index contributed by atoms with van der Waals surface area (Å²) in [6, 6.07) is 20.8. The molecule has 0 spiro atoms. The van der Waals surface area contributed by atoms with Gasteiger partial charge in [0.15, 0.2) is 0 Å². The third kappa shape index (κ3) is 5.79. The molecule has 7 nitrogen and oxygen atoms in total. The average Bonchev–Trinajstić information content (AvgIpc) is 3.18. The van der Waals surface area contributed by atoms with E-state index in [1.165, 1.54) is 18.1 Å². The van der Waals surface area contributed by atoms with E-state index in [1.807, 2.05) is 36.4 Å². The van der Waals surface area contributed by atoms with Crippen LogP contribution >= 0.6 is 11.6 Å². The van der Waals surface area contributed by atoms with Crippen LogP contribution in [0.3, 0.4) is 0 Å².